The molecule has 0 fully saturated rings. The Morgan fingerprint density at radius 3 is 2.27 bits per heavy atom. The third-order valence-electron chi connectivity index (χ3n) is 2.90. The number of aryl methyl sites for hydroxylation is 1. The molecule has 2 aromatic carbocycles. The highest BCUT2D eigenvalue weighted by molar-refractivity contribution is 9.10. The molecule has 4 nitrogen and oxygen atoms in total. The van der Waals surface area contributed by atoms with Crippen LogP contribution in [0.25, 0.3) is 0 Å². The molecule has 0 aliphatic heterocycles. The summed E-state index contributed by atoms with van der Waals surface area (Å²) in [7, 11) is 0. The van der Waals surface area contributed by atoms with E-state index in [1.165, 1.54) is 0 Å². The molecular weight excluding hydrogens is 346 g/mol. The molecule has 1 amide bonds. The van der Waals surface area contributed by atoms with Crippen LogP contribution in [0.4, 0.5) is 0 Å². The first kappa shape index (κ1) is 16.4. The van der Waals surface area contributed by atoms with E-state index in [-0.39, 0.29) is 12.5 Å². The van der Waals surface area contributed by atoms with Gasteiger partial charge < -0.3 is 14.8 Å². The molecule has 0 atom stereocenters. The lowest BCUT2D eigenvalue weighted by atomic mass is 10.2. The van der Waals surface area contributed by atoms with Gasteiger partial charge in [0.2, 0.25) is 0 Å². The van der Waals surface area contributed by atoms with Crippen molar-refractivity contribution in [3.8, 4) is 11.5 Å². The largest absolute Gasteiger partial charge is 0.492 e. The average molecular weight is 364 g/mol. The molecule has 0 aliphatic carbocycles. The zero-order chi connectivity index (χ0) is 15.8. The molecule has 0 aromatic heterocycles. The topological polar surface area (TPSA) is 47.6 Å². The summed E-state index contributed by atoms with van der Waals surface area (Å²) < 4.78 is 11.9. The summed E-state index contributed by atoms with van der Waals surface area (Å²) in [6.07, 6.45) is 0. The van der Waals surface area contributed by atoms with E-state index in [9.17, 15) is 4.79 Å². The molecule has 0 spiro atoms. The Labute approximate surface area is 138 Å². The maximum absolute atomic E-state index is 11.6. The third-order valence-corrected chi connectivity index (χ3v) is 3.43. The van der Waals surface area contributed by atoms with Gasteiger partial charge in [-0.1, -0.05) is 33.6 Å². The predicted octanol–water partition coefficient (Wildman–Crippen LogP) is 3.33. The van der Waals surface area contributed by atoms with E-state index in [1.807, 2.05) is 55.5 Å². The predicted molar refractivity (Wildman–Crippen MR) is 89.3 cm³/mol. The van der Waals surface area contributed by atoms with Crippen molar-refractivity contribution in [1.82, 2.24) is 5.32 Å². The summed E-state index contributed by atoms with van der Waals surface area (Å²) in [6.45, 7) is 2.85. The minimum Gasteiger partial charge on any atom is -0.492 e. The molecule has 116 valence electrons. The van der Waals surface area contributed by atoms with Gasteiger partial charge in [0.1, 0.15) is 18.1 Å². The van der Waals surface area contributed by atoms with Crippen LogP contribution in [0.15, 0.2) is 53.0 Å². The highest BCUT2D eigenvalue weighted by Gasteiger charge is 2.02. The molecule has 0 bridgehead atoms. The zero-order valence-electron chi connectivity index (χ0n) is 12.3. The maximum Gasteiger partial charge on any atom is 0.258 e. The van der Waals surface area contributed by atoms with Gasteiger partial charge in [-0.3, -0.25) is 4.79 Å². The van der Waals surface area contributed by atoms with Gasteiger partial charge >= 0.3 is 0 Å². The number of halogens is 1. The lowest BCUT2D eigenvalue weighted by molar-refractivity contribution is -0.123. The summed E-state index contributed by atoms with van der Waals surface area (Å²) in [4.78, 5) is 11.6. The van der Waals surface area contributed by atoms with Gasteiger partial charge in [-0.15, -0.1) is 0 Å². The van der Waals surface area contributed by atoms with E-state index >= 15 is 0 Å². The Hall–Kier alpha value is -2.01. The number of carbonyl (C=O) groups excluding carboxylic acids is 1. The Morgan fingerprint density at radius 2 is 1.59 bits per heavy atom. The number of benzene rings is 2. The monoisotopic (exact) mass is 363 g/mol. The fourth-order valence-electron chi connectivity index (χ4n) is 1.72. The lowest BCUT2D eigenvalue weighted by Crippen LogP contribution is -2.32. The second kappa shape index (κ2) is 8.44. The number of nitrogens with one attached hydrogen (secondary N) is 1. The molecular formula is C17H18BrNO3. The molecule has 1 N–H and O–H groups in total. The summed E-state index contributed by atoms with van der Waals surface area (Å²) in [5, 5.41) is 2.75. The van der Waals surface area contributed by atoms with Crippen molar-refractivity contribution in [2.45, 2.75) is 6.92 Å². The molecule has 22 heavy (non-hydrogen) atoms. The minimum absolute atomic E-state index is 0.00133. The van der Waals surface area contributed by atoms with Crippen LogP contribution >= 0.6 is 15.9 Å². The number of hydrogen-bond acceptors (Lipinski definition) is 3. The number of carbonyl (C=O) groups is 1. The van der Waals surface area contributed by atoms with Gasteiger partial charge in [-0.05, 0) is 43.3 Å². The summed E-state index contributed by atoms with van der Waals surface area (Å²) >= 11 is 3.36. The summed E-state index contributed by atoms with van der Waals surface area (Å²) in [5.41, 5.74) is 1.15. The number of ether oxygens (including phenoxy) is 2. The van der Waals surface area contributed by atoms with Crippen LogP contribution in [0.1, 0.15) is 5.56 Å². The van der Waals surface area contributed by atoms with Crippen LogP contribution in [0, 0.1) is 6.92 Å². The van der Waals surface area contributed by atoms with Gasteiger partial charge in [-0.2, -0.15) is 0 Å². The van der Waals surface area contributed by atoms with E-state index in [0.29, 0.717) is 18.9 Å². The first-order valence-corrected chi connectivity index (χ1v) is 7.77. The number of hydrogen-bond donors (Lipinski definition) is 1. The molecule has 0 radical (unpaired) electrons. The molecule has 2 rings (SSSR count). The van der Waals surface area contributed by atoms with E-state index in [4.69, 9.17) is 9.47 Å². The van der Waals surface area contributed by atoms with Gasteiger partial charge in [0.25, 0.3) is 5.91 Å². The van der Waals surface area contributed by atoms with Crippen molar-refractivity contribution >= 4 is 21.8 Å². The van der Waals surface area contributed by atoms with E-state index in [2.05, 4.69) is 21.2 Å². The fraction of sp³-hybridized carbons (Fsp3) is 0.235. The van der Waals surface area contributed by atoms with Crippen molar-refractivity contribution in [3.05, 3.63) is 58.6 Å². The highest BCUT2D eigenvalue weighted by atomic mass is 79.9. The molecule has 2 aromatic rings. The highest BCUT2D eigenvalue weighted by Crippen LogP contribution is 2.15. The van der Waals surface area contributed by atoms with Crippen LogP contribution < -0.4 is 14.8 Å². The number of amides is 1. The fourth-order valence-corrected chi connectivity index (χ4v) is 1.99. The lowest BCUT2D eigenvalue weighted by Gasteiger charge is -2.09. The van der Waals surface area contributed by atoms with E-state index in [0.717, 1.165) is 15.8 Å². The van der Waals surface area contributed by atoms with Gasteiger partial charge in [0, 0.05) is 4.47 Å². The third kappa shape index (κ3) is 5.77. The van der Waals surface area contributed by atoms with Crippen LogP contribution in [0.5, 0.6) is 11.5 Å². The molecule has 0 saturated carbocycles. The van der Waals surface area contributed by atoms with Crippen LogP contribution in [-0.2, 0) is 4.79 Å². The second-order valence-corrected chi connectivity index (χ2v) is 5.67. The standard InChI is InChI=1S/C17H18BrNO3/c1-13-2-6-16(7-3-13)22-12-17(20)19-10-11-21-15-8-4-14(18)5-9-15/h2-9H,10-12H2,1H3,(H,19,20). The van der Waals surface area contributed by atoms with Gasteiger partial charge in [0.05, 0.1) is 6.54 Å². The van der Waals surface area contributed by atoms with Crippen LogP contribution in [-0.4, -0.2) is 25.7 Å². The zero-order valence-corrected chi connectivity index (χ0v) is 13.9. The Morgan fingerprint density at radius 1 is 1.00 bits per heavy atom. The molecule has 0 heterocycles. The summed E-state index contributed by atoms with van der Waals surface area (Å²) in [5.74, 6) is 1.29. The van der Waals surface area contributed by atoms with Crippen molar-refractivity contribution in [1.29, 1.82) is 0 Å². The maximum atomic E-state index is 11.6. The van der Waals surface area contributed by atoms with Crippen molar-refractivity contribution < 1.29 is 14.3 Å². The van der Waals surface area contributed by atoms with Gasteiger partial charge in [0.15, 0.2) is 6.61 Å². The average Bonchev–Trinajstić information content (AvgIpc) is 2.53. The van der Waals surface area contributed by atoms with Crippen LogP contribution in [0.2, 0.25) is 0 Å². The SMILES string of the molecule is Cc1ccc(OCC(=O)NCCOc2ccc(Br)cc2)cc1. The first-order valence-electron chi connectivity index (χ1n) is 6.98. The first-order chi connectivity index (χ1) is 10.6. The minimum atomic E-state index is -0.167. The Balaban J connectivity index is 1.61. The van der Waals surface area contributed by atoms with Crippen molar-refractivity contribution in [2.24, 2.45) is 0 Å². The molecule has 0 saturated heterocycles. The molecule has 5 heteroatoms. The normalized spacial score (nSPS) is 10.1. The number of rotatable bonds is 7. The Kier molecular flexibility index (Phi) is 6.27. The summed E-state index contributed by atoms with van der Waals surface area (Å²) in [6, 6.07) is 15.1. The van der Waals surface area contributed by atoms with Crippen molar-refractivity contribution in [3.63, 3.8) is 0 Å². The molecule has 0 unspecified atom stereocenters. The quantitative estimate of drug-likeness (QED) is 0.767. The van der Waals surface area contributed by atoms with Crippen molar-refractivity contribution in [2.75, 3.05) is 19.8 Å². The second-order valence-electron chi connectivity index (χ2n) is 4.75. The smallest absolute Gasteiger partial charge is 0.258 e. The molecule has 0 aliphatic rings. The van der Waals surface area contributed by atoms with Crippen LogP contribution in [0.3, 0.4) is 0 Å². The van der Waals surface area contributed by atoms with E-state index in [1.54, 1.807) is 0 Å². The van der Waals surface area contributed by atoms with E-state index < -0.39 is 0 Å². The van der Waals surface area contributed by atoms with Gasteiger partial charge in [-0.25, -0.2) is 0 Å². The Bertz CT molecular complexity index is 596.